The molecule has 0 fully saturated rings. The van der Waals surface area contributed by atoms with Gasteiger partial charge in [0.25, 0.3) is 0 Å². The Morgan fingerprint density at radius 3 is 1.95 bits per heavy atom. The number of aliphatic carboxylic acids is 1. The lowest BCUT2D eigenvalue weighted by Gasteiger charge is -2.14. The molecule has 2 N–H and O–H groups in total. The summed E-state index contributed by atoms with van der Waals surface area (Å²) in [6.45, 7) is 3.79. The van der Waals surface area contributed by atoms with E-state index in [0.717, 1.165) is 25.7 Å². The van der Waals surface area contributed by atoms with Crippen LogP contribution in [0.5, 0.6) is 0 Å². The molecule has 0 saturated carbocycles. The first-order chi connectivity index (χ1) is 10.1. The number of allylic oxidation sites excluding steroid dienone is 2. The number of carbonyl (C=O) groups is 1. The Morgan fingerprint density at radius 2 is 1.48 bits per heavy atom. The van der Waals surface area contributed by atoms with E-state index in [9.17, 15) is 9.90 Å². The number of carboxylic acid groups (broad SMARTS) is 1. The summed E-state index contributed by atoms with van der Waals surface area (Å²) in [5.74, 6) is -1.48. The van der Waals surface area contributed by atoms with E-state index in [0.29, 0.717) is 6.42 Å². The fraction of sp³-hybridized carbons (Fsp3) is 0.833. The number of hydrogen-bond acceptors (Lipinski definition) is 2. The van der Waals surface area contributed by atoms with Crippen LogP contribution in [0.15, 0.2) is 12.2 Å². The minimum Gasteiger partial charge on any atom is -0.481 e. The number of hydrogen-bond donors (Lipinski definition) is 2. The molecule has 0 heterocycles. The number of aliphatic hydroxyl groups is 1. The predicted molar refractivity (Wildman–Crippen MR) is 88.4 cm³/mol. The van der Waals surface area contributed by atoms with Crippen LogP contribution in [0.1, 0.15) is 84.5 Å². The third-order valence-corrected chi connectivity index (χ3v) is 3.93. The molecule has 0 aromatic heterocycles. The Kier molecular flexibility index (Phi) is 13.6. The maximum Gasteiger partial charge on any atom is 0.309 e. The first-order valence-electron chi connectivity index (χ1n) is 8.65. The monoisotopic (exact) mass is 298 g/mol. The number of aliphatic hydroxyl groups excluding tert-OH is 1. The van der Waals surface area contributed by atoms with Crippen LogP contribution in [0.25, 0.3) is 0 Å². The first-order valence-corrected chi connectivity index (χ1v) is 8.65. The lowest BCUT2D eigenvalue weighted by Crippen LogP contribution is -2.25. The van der Waals surface area contributed by atoms with Gasteiger partial charge >= 0.3 is 5.97 Å². The normalized spacial score (nSPS) is 14.4. The molecule has 124 valence electrons. The van der Waals surface area contributed by atoms with E-state index < -0.39 is 18.0 Å². The summed E-state index contributed by atoms with van der Waals surface area (Å²) in [5, 5.41) is 18.3. The van der Waals surface area contributed by atoms with Gasteiger partial charge in [-0.2, -0.15) is 0 Å². The molecule has 0 aliphatic heterocycles. The van der Waals surface area contributed by atoms with Crippen molar-refractivity contribution in [1.82, 2.24) is 0 Å². The number of carboxylic acids is 1. The van der Waals surface area contributed by atoms with Crippen molar-refractivity contribution in [2.24, 2.45) is 5.92 Å². The summed E-state index contributed by atoms with van der Waals surface area (Å²) >= 11 is 0. The van der Waals surface area contributed by atoms with Crippen LogP contribution in [0.3, 0.4) is 0 Å². The van der Waals surface area contributed by atoms with Crippen molar-refractivity contribution >= 4 is 5.97 Å². The fourth-order valence-electron chi connectivity index (χ4n) is 2.48. The van der Waals surface area contributed by atoms with Crippen molar-refractivity contribution in [3.05, 3.63) is 12.2 Å². The van der Waals surface area contributed by atoms with Crippen LogP contribution >= 0.6 is 0 Å². The van der Waals surface area contributed by atoms with E-state index in [1.807, 2.05) is 0 Å². The smallest absolute Gasteiger partial charge is 0.309 e. The zero-order chi connectivity index (χ0) is 15.9. The summed E-state index contributed by atoms with van der Waals surface area (Å²) in [4.78, 5) is 10.9. The van der Waals surface area contributed by atoms with E-state index in [2.05, 4.69) is 19.1 Å². The van der Waals surface area contributed by atoms with Gasteiger partial charge < -0.3 is 10.2 Å². The highest BCUT2D eigenvalue weighted by atomic mass is 16.4. The molecule has 0 aliphatic rings. The summed E-state index contributed by atoms with van der Waals surface area (Å²) in [6, 6.07) is 0. The van der Waals surface area contributed by atoms with Gasteiger partial charge in [-0.15, -0.1) is 0 Å². The molecule has 0 radical (unpaired) electrons. The lowest BCUT2D eigenvalue weighted by molar-refractivity contribution is -0.145. The van der Waals surface area contributed by atoms with Crippen LogP contribution in [0, 0.1) is 5.92 Å². The topological polar surface area (TPSA) is 57.5 Å². The Balaban J connectivity index is 3.39. The highest BCUT2D eigenvalue weighted by Gasteiger charge is 2.21. The average Bonchev–Trinajstić information content (AvgIpc) is 2.43. The largest absolute Gasteiger partial charge is 0.481 e. The fourth-order valence-corrected chi connectivity index (χ4v) is 2.48. The molecule has 0 bridgehead atoms. The average molecular weight is 298 g/mol. The molecule has 21 heavy (non-hydrogen) atoms. The Bertz CT molecular complexity index is 272. The third-order valence-electron chi connectivity index (χ3n) is 3.93. The lowest BCUT2D eigenvalue weighted by atomic mass is 9.96. The van der Waals surface area contributed by atoms with Crippen molar-refractivity contribution < 1.29 is 15.0 Å². The Labute approximate surface area is 130 Å². The van der Waals surface area contributed by atoms with E-state index in [1.54, 1.807) is 6.92 Å². The summed E-state index contributed by atoms with van der Waals surface area (Å²) in [5.41, 5.74) is 0. The van der Waals surface area contributed by atoms with Gasteiger partial charge in [-0.05, 0) is 39.0 Å². The second-order valence-electron chi connectivity index (χ2n) is 6.00. The van der Waals surface area contributed by atoms with Crippen molar-refractivity contribution in [2.75, 3.05) is 0 Å². The summed E-state index contributed by atoms with van der Waals surface area (Å²) in [6.07, 6.45) is 16.3. The summed E-state index contributed by atoms with van der Waals surface area (Å²) < 4.78 is 0. The van der Waals surface area contributed by atoms with Gasteiger partial charge in [-0.1, -0.05) is 57.6 Å². The standard InChI is InChI=1S/C18H34O3/c1-3-4-5-6-7-8-9-10-11-12-13-14-15-17(16(2)19)18(20)21/h8-9,16-17,19H,3-7,10-15H2,1-2H3,(H,20,21)/b9-8-/t16-,17-/m0/s1. The van der Waals surface area contributed by atoms with Gasteiger partial charge in [0, 0.05) is 0 Å². The maximum atomic E-state index is 10.9. The van der Waals surface area contributed by atoms with Crippen molar-refractivity contribution in [3.8, 4) is 0 Å². The number of unbranched alkanes of at least 4 members (excludes halogenated alkanes) is 8. The molecule has 0 rings (SSSR count). The second kappa shape index (κ2) is 14.1. The molecule has 3 nitrogen and oxygen atoms in total. The highest BCUT2D eigenvalue weighted by Crippen LogP contribution is 2.15. The highest BCUT2D eigenvalue weighted by molar-refractivity contribution is 5.70. The quantitative estimate of drug-likeness (QED) is 0.353. The van der Waals surface area contributed by atoms with Gasteiger partial charge in [0.15, 0.2) is 0 Å². The maximum absolute atomic E-state index is 10.9. The van der Waals surface area contributed by atoms with Crippen molar-refractivity contribution in [1.29, 1.82) is 0 Å². The molecule has 2 atom stereocenters. The third kappa shape index (κ3) is 12.6. The molecule has 0 aromatic carbocycles. The molecule has 0 aromatic rings. The van der Waals surface area contributed by atoms with E-state index in [1.165, 1.54) is 38.5 Å². The molecule has 0 unspecified atom stereocenters. The second-order valence-corrected chi connectivity index (χ2v) is 6.00. The van der Waals surface area contributed by atoms with Gasteiger partial charge in [0.05, 0.1) is 12.0 Å². The molecular formula is C18H34O3. The molecule has 0 aliphatic carbocycles. The van der Waals surface area contributed by atoms with Crippen LogP contribution in [-0.2, 0) is 4.79 Å². The van der Waals surface area contributed by atoms with Crippen LogP contribution in [0.4, 0.5) is 0 Å². The number of rotatable bonds is 14. The Hall–Kier alpha value is -0.830. The van der Waals surface area contributed by atoms with Crippen LogP contribution in [0.2, 0.25) is 0 Å². The minimum atomic E-state index is -0.879. The van der Waals surface area contributed by atoms with Gasteiger partial charge in [0.1, 0.15) is 0 Å². The van der Waals surface area contributed by atoms with E-state index >= 15 is 0 Å². The van der Waals surface area contributed by atoms with Gasteiger partial charge in [0.2, 0.25) is 0 Å². The molecular weight excluding hydrogens is 264 g/mol. The molecule has 0 amide bonds. The SMILES string of the molecule is CCCCCC/C=C\CCCCCC[C@H](C(=O)O)[C@H](C)O. The van der Waals surface area contributed by atoms with Crippen molar-refractivity contribution in [3.63, 3.8) is 0 Å². The van der Waals surface area contributed by atoms with Gasteiger partial charge in [-0.3, -0.25) is 4.79 Å². The first kappa shape index (κ1) is 20.2. The molecule has 3 heteroatoms. The van der Waals surface area contributed by atoms with Crippen LogP contribution in [-0.4, -0.2) is 22.3 Å². The van der Waals surface area contributed by atoms with Gasteiger partial charge in [-0.25, -0.2) is 0 Å². The zero-order valence-corrected chi connectivity index (χ0v) is 13.9. The minimum absolute atomic E-state index is 0.584. The molecule has 0 saturated heterocycles. The zero-order valence-electron chi connectivity index (χ0n) is 13.9. The molecule has 0 spiro atoms. The van der Waals surface area contributed by atoms with Crippen molar-refractivity contribution in [2.45, 2.75) is 90.6 Å². The van der Waals surface area contributed by atoms with E-state index in [4.69, 9.17) is 5.11 Å². The van der Waals surface area contributed by atoms with Crippen LogP contribution < -0.4 is 0 Å². The summed E-state index contributed by atoms with van der Waals surface area (Å²) in [7, 11) is 0. The Morgan fingerprint density at radius 1 is 0.952 bits per heavy atom. The van der Waals surface area contributed by atoms with E-state index in [-0.39, 0.29) is 0 Å². The predicted octanol–water partition coefficient (Wildman–Crippen LogP) is 4.94.